The fourth-order valence-corrected chi connectivity index (χ4v) is 11.0. The molecule has 8 N–H and O–H groups in total. The third-order valence-corrected chi connectivity index (χ3v) is 14.0. The molecule has 1 aromatic rings. The SMILES string of the molecule is CC1NC(CC(CC=O)C2CCCC3(CCCC3)CCC(O)(CC(=O)O)CNC3(C)CC(N)NC(Cc4cccc(c4)C2)C3)C(N2CC=NC2)CC1O. The van der Waals surface area contributed by atoms with Gasteiger partial charge in [0.1, 0.15) is 6.29 Å². The minimum atomic E-state index is -1.35. The number of aliphatic carboxylic acids is 1. The first-order valence-corrected chi connectivity index (χ1v) is 20.7. The molecular formula is C42H68N6O5. The number of rotatable bonds is 8. The van der Waals surface area contributed by atoms with Crippen LogP contribution >= 0.6 is 0 Å². The van der Waals surface area contributed by atoms with Crippen molar-refractivity contribution < 1.29 is 24.9 Å². The fourth-order valence-electron chi connectivity index (χ4n) is 11.0. The Morgan fingerprint density at radius 2 is 1.85 bits per heavy atom. The van der Waals surface area contributed by atoms with Crippen molar-refractivity contribution in [1.82, 2.24) is 20.9 Å². The Kier molecular flexibility index (Phi) is 13.5. The Bertz CT molecular complexity index is 1400. The van der Waals surface area contributed by atoms with Crippen LogP contribution in [-0.4, -0.2) is 106 Å². The van der Waals surface area contributed by atoms with Gasteiger partial charge in [-0.25, -0.2) is 0 Å². The van der Waals surface area contributed by atoms with E-state index in [0.29, 0.717) is 38.3 Å². The van der Waals surface area contributed by atoms with Gasteiger partial charge in [0.2, 0.25) is 0 Å². The summed E-state index contributed by atoms with van der Waals surface area (Å²) in [7, 11) is 0. The highest BCUT2D eigenvalue weighted by molar-refractivity contribution is 5.68. The van der Waals surface area contributed by atoms with Crippen molar-refractivity contribution in [3.8, 4) is 0 Å². The second kappa shape index (κ2) is 17.7. The molecule has 3 fully saturated rings. The number of nitrogens with one attached hydrogen (secondary N) is 3. The van der Waals surface area contributed by atoms with Crippen molar-refractivity contribution in [2.45, 2.75) is 171 Å². The third kappa shape index (κ3) is 10.7. The molecule has 4 bridgehead atoms. The van der Waals surface area contributed by atoms with E-state index >= 15 is 0 Å². The fraction of sp³-hybridized carbons (Fsp3) is 0.786. The van der Waals surface area contributed by atoms with E-state index < -0.39 is 17.7 Å². The standard InChI is InChI=1S/C42H68N6O5/c1-29-37(50)23-36(48-17-16-44-28-48)35(46-29)22-33(10-18-49)32-9-6-13-41(11-3-4-12-41)14-15-42(53,26-39(51)52)27-45-40(2)24-34(47-38(43)25-40)21-31-8-5-7-30(19-31)20-32/h5,7-8,16,18-19,29,32-38,45-47,50,53H,3-4,6,9-15,17,20-28,43H2,1-2H3,(H,51,52). The highest BCUT2D eigenvalue weighted by Crippen LogP contribution is 2.48. The quantitative estimate of drug-likeness (QED) is 0.194. The molecular weight excluding hydrogens is 668 g/mol. The van der Waals surface area contributed by atoms with Crippen LogP contribution in [-0.2, 0) is 22.4 Å². The summed E-state index contributed by atoms with van der Waals surface area (Å²) in [6.07, 6.45) is 16.4. The van der Waals surface area contributed by atoms with E-state index in [1.165, 1.54) is 24.0 Å². The van der Waals surface area contributed by atoms with Crippen LogP contribution in [0.1, 0.15) is 121 Å². The number of nitrogens with zero attached hydrogens (tertiary/aromatic N) is 2. The number of aliphatic hydroxyl groups excluding tert-OH is 1. The van der Waals surface area contributed by atoms with Gasteiger partial charge in [-0.15, -0.1) is 0 Å². The molecule has 11 nitrogen and oxygen atoms in total. The molecule has 5 aliphatic rings. The lowest BCUT2D eigenvalue weighted by Crippen LogP contribution is -2.63. The number of carbonyl (C=O) groups is 2. The van der Waals surface area contributed by atoms with Gasteiger partial charge in [0.25, 0.3) is 0 Å². The predicted octanol–water partition coefficient (Wildman–Crippen LogP) is 3.92. The summed E-state index contributed by atoms with van der Waals surface area (Å²) in [4.78, 5) is 31.4. The number of nitrogens with two attached hydrogens (primary N) is 1. The maximum Gasteiger partial charge on any atom is 0.306 e. The third-order valence-electron chi connectivity index (χ3n) is 14.0. The van der Waals surface area contributed by atoms with E-state index in [9.17, 15) is 24.9 Å². The second-order valence-electron chi connectivity index (χ2n) is 18.3. The molecule has 0 aromatic heterocycles. The number of aldehydes is 1. The molecule has 6 rings (SSSR count). The van der Waals surface area contributed by atoms with Crippen molar-refractivity contribution in [3.63, 3.8) is 0 Å². The number of hydrogen-bond acceptors (Lipinski definition) is 10. The molecule has 11 heteroatoms. The van der Waals surface area contributed by atoms with E-state index in [1.807, 2.05) is 6.21 Å². The molecule has 53 heavy (non-hydrogen) atoms. The Balaban J connectivity index is 1.30. The number of carboxylic acid groups (broad SMARTS) is 1. The van der Waals surface area contributed by atoms with E-state index in [4.69, 9.17) is 5.73 Å². The van der Waals surface area contributed by atoms with Gasteiger partial charge in [0.05, 0.1) is 31.0 Å². The molecule has 1 aliphatic carbocycles. The molecule has 10 atom stereocenters. The average Bonchev–Trinajstić information content (AvgIpc) is 3.80. The van der Waals surface area contributed by atoms with Gasteiger partial charge >= 0.3 is 5.97 Å². The van der Waals surface area contributed by atoms with Crippen LogP contribution in [0.5, 0.6) is 0 Å². The minimum Gasteiger partial charge on any atom is -0.481 e. The number of fused-ring (bicyclic) bond motifs is 4. The molecule has 10 unspecified atom stereocenters. The lowest BCUT2D eigenvalue weighted by atomic mass is 9.71. The van der Waals surface area contributed by atoms with E-state index in [2.05, 4.69) is 64.0 Å². The number of carbonyl (C=O) groups excluding carboxylic acids is 1. The van der Waals surface area contributed by atoms with Crippen LogP contribution in [0.25, 0.3) is 0 Å². The first kappa shape index (κ1) is 40.4. The molecule has 0 radical (unpaired) electrons. The number of aliphatic hydroxyl groups is 2. The van der Waals surface area contributed by atoms with Gasteiger partial charge in [-0.2, -0.15) is 0 Å². The van der Waals surface area contributed by atoms with Crippen LogP contribution in [0.3, 0.4) is 0 Å². The monoisotopic (exact) mass is 737 g/mol. The number of benzene rings is 1. The number of β-amino-alcohol motifs (C(OH)–C–C–N with tert-alkyl or cyclic N) is 1. The first-order valence-electron chi connectivity index (χ1n) is 20.7. The summed E-state index contributed by atoms with van der Waals surface area (Å²) < 4.78 is 0. The summed E-state index contributed by atoms with van der Waals surface area (Å²) >= 11 is 0. The van der Waals surface area contributed by atoms with E-state index in [0.717, 1.165) is 77.0 Å². The highest BCUT2D eigenvalue weighted by atomic mass is 16.4. The van der Waals surface area contributed by atoms with Crippen LogP contribution in [0.4, 0.5) is 0 Å². The summed E-state index contributed by atoms with van der Waals surface area (Å²) in [5.74, 6) is -0.496. The maximum absolute atomic E-state index is 12.4. The number of hydrogen-bond donors (Lipinski definition) is 7. The zero-order valence-corrected chi connectivity index (χ0v) is 32.4. The summed E-state index contributed by atoms with van der Waals surface area (Å²) in [5.41, 5.74) is 7.55. The summed E-state index contributed by atoms with van der Waals surface area (Å²) in [6, 6.07) is 9.39. The van der Waals surface area contributed by atoms with Crippen LogP contribution < -0.4 is 21.7 Å². The van der Waals surface area contributed by atoms with Gasteiger partial charge < -0.3 is 36.5 Å². The van der Waals surface area contributed by atoms with Crippen LogP contribution in [0.15, 0.2) is 29.3 Å². The predicted molar refractivity (Wildman–Crippen MR) is 209 cm³/mol. The largest absolute Gasteiger partial charge is 0.481 e. The van der Waals surface area contributed by atoms with Crippen LogP contribution in [0, 0.1) is 17.3 Å². The van der Waals surface area contributed by atoms with Crippen molar-refractivity contribution in [1.29, 1.82) is 0 Å². The minimum absolute atomic E-state index is 0.0146. The molecule has 0 amide bonds. The van der Waals surface area contributed by atoms with Gasteiger partial charge in [-0.05, 0) is 119 Å². The topological polar surface area (TPSA) is 173 Å². The molecule has 296 valence electrons. The molecule has 1 aromatic carbocycles. The average molecular weight is 737 g/mol. The Morgan fingerprint density at radius 1 is 1.09 bits per heavy atom. The van der Waals surface area contributed by atoms with Gasteiger partial charge in [0.15, 0.2) is 0 Å². The first-order chi connectivity index (χ1) is 25.4. The van der Waals surface area contributed by atoms with E-state index in [-0.39, 0.29) is 60.2 Å². The Labute approximate surface area is 317 Å². The summed E-state index contributed by atoms with van der Waals surface area (Å²) in [6.45, 7) is 5.90. The Hall–Kier alpha value is -2.25. The molecule has 1 saturated carbocycles. The van der Waals surface area contributed by atoms with Crippen molar-refractivity contribution >= 4 is 18.5 Å². The number of piperidine rings is 2. The van der Waals surface area contributed by atoms with Gasteiger partial charge in [-0.1, -0.05) is 43.5 Å². The summed E-state index contributed by atoms with van der Waals surface area (Å²) in [5, 5.41) is 43.8. The van der Waals surface area contributed by atoms with Crippen LogP contribution in [0.2, 0.25) is 0 Å². The second-order valence-corrected chi connectivity index (χ2v) is 18.3. The smallest absolute Gasteiger partial charge is 0.306 e. The highest BCUT2D eigenvalue weighted by Gasteiger charge is 2.43. The Morgan fingerprint density at radius 3 is 2.57 bits per heavy atom. The van der Waals surface area contributed by atoms with Crippen molar-refractivity contribution in [3.05, 3.63) is 35.4 Å². The van der Waals surface area contributed by atoms with Crippen molar-refractivity contribution in [2.24, 2.45) is 28.0 Å². The molecule has 1 spiro atoms. The van der Waals surface area contributed by atoms with Gasteiger partial charge in [0, 0.05) is 55.4 Å². The van der Waals surface area contributed by atoms with Crippen molar-refractivity contribution in [2.75, 3.05) is 19.8 Å². The zero-order chi connectivity index (χ0) is 37.6. The lowest BCUT2D eigenvalue weighted by molar-refractivity contribution is -0.143. The van der Waals surface area contributed by atoms with Gasteiger partial charge in [-0.3, -0.25) is 20.0 Å². The maximum atomic E-state index is 12.4. The lowest BCUT2D eigenvalue weighted by Gasteiger charge is -2.45. The van der Waals surface area contributed by atoms with E-state index in [1.54, 1.807) is 0 Å². The number of carboxylic acids is 1. The number of aliphatic imine (C=N–C) groups is 1. The zero-order valence-electron chi connectivity index (χ0n) is 32.4. The molecule has 4 heterocycles. The molecule has 4 aliphatic heterocycles. The molecule has 2 saturated heterocycles. The normalized spacial score (nSPS) is 37.9.